The SMILES string of the molecule is CCN(CC)c1ccc(Nc2nc(Nc3ccc(OC)cc3)c3ccccc3n2)cc1. The molecule has 158 valence electrons. The van der Waals surface area contributed by atoms with Crippen LogP contribution in [0, 0.1) is 0 Å². The molecule has 3 aromatic carbocycles. The number of benzene rings is 3. The molecule has 0 aliphatic heterocycles. The second kappa shape index (κ2) is 9.34. The van der Waals surface area contributed by atoms with Crippen molar-refractivity contribution in [2.75, 3.05) is 35.7 Å². The van der Waals surface area contributed by atoms with Crippen LogP contribution in [0.5, 0.6) is 5.75 Å². The molecule has 0 radical (unpaired) electrons. The van der Waals surface area contributed by atoms with Crippen molar-refractivity contribution in [3.8, 4) is 5.75 Å². The van der Waals surface area contributed by atoms with Crippen molar-refractivity contribution in [1.82, 2.24) is 9.97 Å². The lowest BCUT2D eigenvalue weighted by molar-refractivity contribution is 0.415. The Morgan fingerprint density at radius 1 is 0.774 bits per heavy atom. The molecule has 0 unspecified atom stereocenters. The summed E-state index contributed by atoms with van der Waals surface area (Å²) in [7, 11) is 1.66. The Morgan fingerprint density at radius 2 is 1.42 bits per heavy atom. The molecule has 6 heteroatoms. The van der Waals surface area contributed by atoms with Crippen LogP contribution in [0.25, 0.3) is 10.9 Å². The number of methoxy groups -OCH3 is 1. The predicted octanol–water partition coefficient (Wildman–Crippen LogP) is 5.97. The number of hydrogen-bond donors (Lipinski definition) is 2. The highest BCUT2D eigenvalue weighted by Gasteiger charge is 2.09. The van der Waals surface area contributed by atoms with E-state index in [4.69, 9.17) is 14.7 Å². The molecule has 4 rings (SSSR count). The van der Waals surface area contributed by atoms with Gasteiger partial charge in [0, 0.05) is 35.5 Å². The van der Waals surface area contributed by atoms with Gasteiger partial charge in [-0.25, -0.2) is 4.98 Å². The molecule has 1 aromatic heterocycles. The lowest BCUT2D eigenvalue weighted by Crippen LogP contribution is -2.21. The number of anilines is 5. The van der Waals surface area contributed by atoms with E-state index in [1.807, 2.05) is 48.5 Å². The van der Waals surface area contributed by atoms with Gasteiger partial charge in [0.1, 0.15) is 11.6 Å². The fourth-order valence-corrected chi connectivity index (χ4v) is 3.51. The first-order chi connectivity index (χ1) is 15.2. The van der Waals surface area contributed by atoms with E-state index in [1.54, 1.807) is 7.11 Å². The zero-order valence-electron chi connectivity index (χ0n) is 18.1. The average Bonchev–Trinajstić information content (AvgIpc) is 2.81. The van der Waals surface area contributed by atoms with Crippen LogP contribution in [0.3, 0.4) is 0 Å². The van der Waals surface area contributed by atoms with Crippen LogP contribution in [-0.4, -0.2) is 30.2 Å². The molecule has 0 atom stereocenters. The molecule has 0 fully saturated rings. The second-order valence-corrected chi connectivity index (χ2v) is 7.11. The number of nitrogens with zero attached hydrogens (tertiary/aromatic N) is 3. The van der Waals surface area contributed by atoms with Gasteiger partial charge < -0.3 is 20.3 Å². The van der Waals surface area contributed by atoms with E-state index in [9.17, 15) is 0 Å². The summed E-state index contributed by atoms with van der Waals surface area (Å²) in [5.74, 6) is 2.11. The number of fused-ring (bicyclic) bond motifs is 1. The van der Waals surface area contributed by atoms with Gasteiger partial charge >= 0.3 is 0 Å². The zero-order valence-corrected chi connectivity index (χ0v) is 18.1. The summed E-state index contributed by atoms with van der Waals surface area (Å²) >= 11 is 0. The molecule has 0 aliphatic carbocycles. The molecule has 0 amide bonds. The Balaban J connectivity index is 1.62. The van der Waals surface area contributed by atoms with E-state index in [0.29, 0.717) is 5.95 Å². The third-order valence-electron chi connectivity index (χ3n) is 5.21. The monoisotopic (exact) mass is 413 g/mol. The smallest absolute Gasteiger partial charge is 0.229 e. The molecule has 2 N–H and O–H groups in total. The minimum atomic E-state index is 0.547. The highest BCUT2D eigenvalue weighted by atomic mass is 16.5. The third kappa shape index (κ3) is 4.69. The van der Waals surface area contributed by atoms with Crippen molar-refractivity contribution in [2.45, 2.75) is 13.8 Å². The van der Waals surface area contributed by atoms with Gasteiger partial charge in [0.25, 0.3) is 0 Å². The van der Waals surface area contributed by atoms with E-state index in [2.05, 4.69) is 53.6 Å². The van der Waals surface area contributed by atoms with Gasteiger partial charge in [-0.15, -0.1) is 0 Å². The van der Waals surface area contributed by atoms with Crippen LogP contribution in [0.2, 0.25) is 0 Å². The average molecular weight is 414 g/mol. The number of hydrogen-bond acceptors (Lipinski definition) is 6. The molecule has 4 aromatic rings. The number of para-hydroxylation sites is 1. The van der Waals surface area contributed by atoms with Gasteiger partial charge in [0.15, 0.2) is 0 Å². The summed E-state index contributed by atoms with van der Waals surface area (Å²) in [6.45, 7) is 6.29. The van der Waals surface area contributed by atoms with E-state index in [1.165, 1.54) is 5.69 Å². The fourth-order valence-electron chi connectivity index (χ4n) is 3.51. The first-order valence-corrected chi connectivity index (χ1v) is 10.5. The Bertz CT molecular complexity index is 1140. The first kappa shape index (κ1) is 20.5. The number of rotatable bonds is 8. The molecule has 0 bridgehead atoms. The maximum Gasteiger partial charge on any atom is 0.229 e. The first-order valence-electron chi connectivity index (χ1n) is 10.5. The predicted molar refractivity (Wildman–Crippen MR) is 129 cm³/mol. The molecule has 0 aliphatic rings. The van der Waals surface area contributed by atoms with E-state index >= 15 is 0 Å². The summed E-state index contributed by atoms with van der Waals surface area (Å²) in [4.78, 5) is 11.8. The summed E-state index contributed by atoms with van der Waals surface area (Å²) in [6, 6.07) is 24.1. The molecular weight excluding hydrogens is 386 g/mol. The number of ether oxygens (including phenoxy) is 1. The lowest BCUT2D eigenvalue weighted by atomic mass is 10.2. The Hall–Kier alpha value is -3.80. The largest absolute Gasteiger partial charge is 0.497 e. The van der Waals surface area contributed by atoms with E-state index in [-0.39, 0.29) is 0 Å². The third-order valence-corrected chi connectivity index (χ3v) is 5.21. The fraction of sp³-hybridized carbons (Fsp3) is 0.200. The van der Waals surface area contributed by atoms with Crippen molar-refractivity contribution in [3.05, 3.63) is 72.8 Å². The maximum absolute atomic E-state index is 5.25. The van der Waals surface area contributed by atoms with Gasteiger partial charge in [-0.2, -0.15) is 4.98 Å². The standard InChI is InChI=1S/C25H27N5O/c1-4-30(5-2)20-14-10-19(11-15-20)27-25-28-23-9-7-6-8-22(23)24(29-25)26-18-12-16-21(31-3)17-13-18/h6-17H,4-5H2,1-3H3,(H2,26,27,28,29). The topological polar surface area (TPSA) is 62.3 Å². The molecule has 31 heavy (non-hydrogen) atoms. The second-order valence-electron chi connectivity index (χ2n) is 7.11. The van der Waals surface area contributed by atoms with Gasteiger partial charge in [-0.3, -0.25) is 0 Å². The number of nitrogens with one attached hydrogen (secondary N) is 2. The van der Waals surface area contributed by atoms with Crippen LogP contribution in [0.15, 0.2) is 72.8 Å². The molecular formula is C25H27N5O. The lowest BCUT2D eigenvalue weighted by Gasteiger charge is -2.21. The minimum Gasteiger partial charge on any atom is -0.497 e. The summed E-state index contributed by atoms with van der Waals surface area (Å²) in [5.41, 5.74) is 3.95. The molecule has 6 nitrogen and oxygen atoms in total. The highest BCUT2D eigenvalue weighted by Crippen LogP contribution is 2.27. The van der Waals surface area contributed by atoms with Crippen molar-refractivity contribution in [3.63, 3.8) is 0 Å². The summed E-state index contributed by atoms with van der Waals surface area (Å²) < 4.78 is 5.25. The van der Waals surface area contributed by atoms with Crippen LogP contribution in [0.4, 0.5) is 28.8 Å². The zero-order chi connectivity index (χ0) is 21.6. The highest BCUT2D eigenvalue weighted by molar-refractivity contribution is 5.92. The Morgan fingerprint density at radius 3 is 2.10 bits per heavy atom. The Kier molecular flexibility index (Phi) is 6.17. The normalized spacial score (nSPS) is 10.7. The van der Waals surface area contributed by atoms with Crippen LogP contribution in [-0.2, 0) is 0 Å². The van der Waals surface area contributed by atoms with Crippen LogP contribution >= 0.6 is 0 Å². The van der Waals surface area contributed by atoms with Crippen molar-refractivity contribution >= 4 is 39.7 Å². The molecule has 0 saturated heterocycles. The van der Waals surface area contributed by atoms with Crippen molar-refractivity contribution in [2.24, 2.45) is 0 Å². The van der Waals surface area contributed by atoms with Gasteiger partial charge in [0.2, 0.25) is 5.95 Å². The van der Waals surface area contributed by atoms with Crippen molar-refractivity contribution in [1.29, 1.82) is 0 Å². The summed E-state index contributed by atoms with van der Waals surface area (Å²) in [6.07, 6.45) is 0. The molecule has 0 saturated carbocycles. The minimum absolute atomic E-state index is 0.547. The molecule has 0 spiro atoms. The maximum atomic E-state index is 5.25. The number of aromatic nitrogens is 2. The van der Waals surface area contributed by atoms with Crippen LogP contribution in [0.1, 0.15) is 13.8 Å². The quantitative estimate of drug-likeness (QED) is 0.371. The van der Waals surface area contributed by atoms with Gasteiger partial charge in [0.05, 0.1) is 12.6 Å². The van der Waals surface area contributed by atoms with Gasteiger partial charge in [-0.05, 0) is 74.5 Å². The Labute approximate surface area is 182 Å². The van der Waals surface area contributed by atoms with E-state index in [0.717, 1.165) is 46.9 Å². The van der Waals surface area contributed by atoms with Gasteiger partial charge in [-0.1, -0.05) is 12.1 Å². The summed E-state index contributed by atoms with van der Waals surface area (Å²) in [5, 5.41) is 7.71. The van der Waals surface area contributed by atoms with Crippen LogP contribution < -0.4 is 20.3 Å². The molecule has 1 heterocycles. The van der Waals surface area contributed by atoms with E-state index < -0.39 is 0 Å². The van der Waals surface area contributed by atoms with Crippen molar-refractivity contribution < 1.29 is 4.74 Å².